The third-order valence-electron chi connectivity index (χ3n) is 7.82. The van der Waals surface area contributed by atoms with Crippen LogP contribution in [-0.2, 0) is 28.6 Å². The molecule has 212 valence electrons. The van der Waals surface area contributed by atoms with Crippen molar-refractivity contribution in [3.05, 3.63) is 59.7 Å². The van der Waals surface area contributed by atoms with Crippen molar-refractivity contribution in [2.24, 2.45) is 23.2 Å². The van der Waals surface area contributed by atoms with Gasteiger partial charge >= 0.3 is 17.9 Å². The van der Waals surface area contributed by atoms with Crippen LogP contribution in [0.1, 0.15) is 71.7 Å². The van der Waals surface area contributed by atoms with Crippen molar-refractivity contribution in [1.29, 1.82) is 0 Å². The van der Waals surface area contributed by atoms with Crippen molar-refractivity contribution in [3.63, 3.8) is 0 Å². The first-order valence-electron chi connectivity index (χ1n) is 13.4. The molecule has 7 atom stereocenters. The molecule has 0 aliphatic heterocycles. The number of allylic oxidation sites excluding steroid dienone is 1. The highest BCUT2D eigenvalue weighted by Crippen LogP contribution is 2.48. The van der Waals surface area contributed by atoms with E-state index in [1.807, 2.05) is 13.8 Å². The summed E-state index contributed by atoms with van der Waals surface area (Å²) >= 11 is 0. The van der Waals surface area contributed by atoms with Gasteiger partial charge in [-0.25, -0.2) is 4.79 Å². The van der Waals surface area contributed by atoms with Crippen LogP contribution in [0.5, 0.6) is 0 Å². The van der Waals surface area contributed by atoms with E-state index < -0.39 is 59.1 Å². The molecule has 2 aliphatic carbocycles. The third-order valence-corrected chi connectivity index (χ3v) is 7.82. The summed E-state index contributed by atoms with van der Waals surface area (Å²) in [6.07, 6.45) is 2.70. The monoisotopic (exact) mass is 540 g/mol. The van der Waals surface area contributed by atoms with Gasteiger partial charge in [-0.3, -0.25) is 14.4 Å². The van der Waals surface area contributed by atoms with Crippen LogP contribution < -0.4 is 0 Å². The van der Waals surface area contributed by atoms with Crippen LogP contribution in [0.4, 0.5) is 0 Å². The summed E-state index contributed by atoms with van der Waals surface area (Å²) in [5.41, 5.74) is -1.61. The molecule has 39 heavy (non-hydrogen) atoms. The average molecular weight is 541 g/mol. The smallest absolute Gasteiger partial charge is 0.338 e. The highest BCUT2D eigenvalue weighted by atomic mass is 16.6. The number of Topliss-reactive ketones (excluding diaryl/α,β-unsaturated/α-hetero) is 1. The van der Waals surface area contributed by atoms with Crippen molar-refractivity contribution in [3.8, 4) is 0 Å². The Morgan fingerprint density at radius 2 is 1.59 bits per heavy atom. The van der Waals surface area contributed by atoms with E-state index in [9.17, 15) is 24.3 Å². The first-order chi connectivity index (χ1) is 18.2. The van der Waals surface area contributed by atoms with E-state index >= 15 is 0 Å². The van der Waals surface area contributed by atoms with E-state index in [1.165, 1.54) is 13.8 Å². The number of carbonyl (C=O) groups excluding carboxylic acids is 4. The Labute approximate surface area is 230 Å². The minimum absolute atomic E-state index is 0.0593. The van der Waals surface area contributed by atoms with E-state index in [2.05, 4.69) is 0 Å². The lowest BCUT2D eigenvalue weighted by atomic mass is 9.75. The molecule has 8 nitrogen and oxygen atoms in total. The number of hydrogen-bond acceptors (Lipinski definition) is 8. The second-order valence-corrected chi connectivity index (χ2v) is 11.5. The van der Waals surface area contributed by atoms with Gasteiger partial charge < -0.3 is 19.3 Å². The number of hydrogen-bond donors (Lipinski definition) is 1. The van der Waals surface area contributed by atoms with Gasteiger partial charge in [-0.05, 0) is 50.8 Å². The summed E-state index contributed by atoms with van der Waals surface area (Å²) in [6.45, 7) is 11.5. The molecule has 0 heterocycles. The molecule has 0 aromatic heterocycles. The van der Waals surface area contributed by atoms with Gasteiger partial charge in [-0.1, -0.05) is 50.3 Å². The Hall–Kier alpha value is -3.26. The number of aliphatic hydroxyl groups is 1. The van der Waals surface area contributed by atoms with Crippen LogP contribution in [0.15, 0.2) is 54.1 Å². The summed E-state index contributed by atoms with van der Waals surface area (Å²) in [7, 11) is 0. The molecule has 0 bridgehead atoms. The van der Waals surface area contributed by atoms with Crippen LogP contribution in [0, 0.1) is 23.2 Å². The molecule has 1 aromatic rings. The van der Waals surface area contributed by atoms with E-state index in [0.29, 0.717) is 11.1 Å². The quantitative estimate of drug-likeness (QED) is 0.335. The molecular formula is C31H40O8. The highest BCUT2D eigenvalue weighted by molar-refractivity contribution is 5.89. The second kappa shape index (κ2) is 11.9. The number of benzene rings is 1. The van der Waals surface area contributed by atoms with E-state index in [4.69, 9.17) is 14.2 Å². The number of rotatable bonds is 4. The van der Waals surface area contributed by atoms with Gasteiger partial charge in [0.1, 0.15) is 29.7 Å². The van der Waals surface area contributed by atoms with Crippen molar-refractivity contribution >= 4 is 23.7 Å². The van der Waals surface area contributed by atoms with Crippen molar-refractivity contribution in [1.82, 2.24) is 0 Å². The van der Waals surface area contributed by atoms with E-state index in [-0.39, 0.29) is 24.5 Å². The van der Waals surface area contributed by atoms with E-state index in [1.54, 1.807) is 69.3 Å². The first-order valence-corrected chi connectivity index (χ1v) is 13.4. The minimum Gasteiger partial charge on any atom is -0.459 e. The molecule has 0 radical (unpaired) electrons. The molecule has 0 saturated heterocycles. The molecule has 0 amide bonds. The standard InChI is InChI=1S/C31H40O8/c1-18-13-14-30(6,7)26(34)16-25(37-21(4)32)19(2)15-24-27(39-29(35)23-11-9-8-10-12-23)20(3)17-31(24,36)28(18)38-22(5)33/h8-15,18,20,24-25,27-28,36H,16-17H2,1-7H3. The topological polar surface area (TPSA) is 116 Å². The van der Waals surface area contributed by atoms with Gasteiger partial charge in [0.05, 0.1) is 5.56 Å². The Balaban J connectivity index is 2.17. The second-order valence-electron chi connectivity index (χ2n) is 11.5. The lowest BCUT2D eigenvalue weighted by Gasteiger charge is -2.40. The summed E-state index contributed by atoms with van der Waals surface area (Å²) in [5, 5.41) is 12.3. The maximum absolute atomic E-state index is 13.3. The zero-order chi connectivity index (χ0) is 29.1. The van der Waals surface area contributed by atoms with Gasteiger partial charge in [-0.2, -0.15) is 0 Å². The lowest BCUT2D eigenvalue weighted by molar-refractivity contribution is -0.173. The molecular weight excluding hydrogens is 500 g/mol. The predicted octanol–water partition coefficient (Wildman–Crippen LogP) is 4.60. The van der Waals surface area contributed by atoms with Crippen molar-refractivity contribution in [2.75, 3.05) is 0 Å². The average Bonchev–Trinajstić information content (AvgIpc) is 3.09. The first kappa shape index (κ1) is 30.3. The number of ether oxygens (including phenoxy) is 3. The van der Waals surface area contributed by atoms with Crippen LogP contribution in [0.2, 0.25) is 0 Å². The fourth-order valence-corrected chi connectivity index (χ4v) is 5.65. The van der Waals surface area contributed by atoms with Gasteiger partial charge in [0.15, 0.2) is 0 Å². The van der Waals surface area contributed by atoms with Crippen LogP contribution in [0.25, 0.3) is 0 Å². The van der Waals surface area contributed by atoms with Gasteiger partial charge in [0, 0.05) is 37.5 Å². The van der Waals surface area contributed by atoms with Crippen LogP contribution in [0.3, 0.4) is 0 Å². The fourth-order valence-electron chi connectivity index (χ4n) is 5.65. The summed E-state index contributed by atoms with van der Waals surface area (Å²) < 4.78 is 17.3. The summed E-state index contributed by atoms with van der Waals surface area (Å²) in [6, 6.07) is 8.56. The zero-order valence-electron chi connectivity index (χ0n) is 23.8. The Bertz CT molecular complexity index is 1150. The molecule has 1 aromatic carbocycles. The molecule has 8 heteroatoms. The van der Waals surface area contributed by atoms with Crippen molar-refractivity contribution in [2.45, 2.75) is 85.2 Å². The highest BCUT2D eigenvalue weighted by Gasteiger charge is 2.58. The van der Waals surface area contributed by atoms with Crippen LogP contribution >= 0.6 is 0 Å². The molecule has 0 spiro atoms. The molecule has 3 rings (SSSR count). The van der Waals surface area contributed by atoms with Gasteiger partial charge in [-0.15, -0.1) is 0 Å². The van der Waals surface area contributed by atoms with Crippen LogP contribution in [-0.4, -0.2) is 52.7 Å². The zero-order valence-corrected chi connectivity index (χ0v) is 23.8. The van der Waals surface area contributed by atoms with E-state index in [0.717, 1.165) is 0 Å². The Morgan fingerprint density at radius 1 is 0.974 bits per heavy atom. The Morgan fingerprint density at radius 3 is 2.18 bits per heavy atom. The maximum Gasteiger partial charge on any atom is 0.338 e. The number of carbonyl (C=O) groups is 4. The molecule has 1 saturated carbocycles. The normalized spacial score (nSPS) is 32.6. The fraction of sp³-hybridized carbons (Fsp3) is 0.548. The predicted molar refractivity (Wildman–Crippen MR) is 144 cm³/mol. The van der Waals surface area contributed by atoms with Gasteiger partial charge in [0.25, 0.3) is 0 Å². The number of fused-ring (bicyclic) bond motifs is 1. The largest absolute Gasteiger partial charge is 0.459 e. The van der Waals surface area contributed by atoms with Crippen molar-refractivity contribution < 1.29 is 38.5 Å². The number of esters is 3. The molecule has 1 fully saturated rings. The minimum atomic E-state index is -1.62. The van der Waals surface area contributed by atoms with Gasteiger partial charge in [0.2, 0.25) is 0 Å². The molecule has 7 unspecified atom stereocenters. The Kier molecular flexibility index (Phi) is 9.21. The third kappa shape index (κ3) is 6.85. The lowest BCUT2D eigenvalue weighted by Crippen LogP contribution is -2.52. The SMILES string of the molecule is CC(=O)OC1CC(=O)C(C)(C)C=CC(C)C(OC(C)=O)C2(O)CC(C)C(OC(=O)c3ccccc3)C2C=C1C. The summed E-state index contributed by atoms with van der Waals surface area (Å²) in [5.74, 6) is -3.39. The molecule has 2 aliphatic rings. The maximum atomic E-state index is 13.3. The molecule has 1 N–H and O–H groups in total. The summed E-state index contributed by atoms with van der Waals surface area (Å²) in [4.78, 5) is 50.6. The number of ketones is 1.